The second-order valence-corrected chi connectivity index (χ2v) is 9.99. The van der Waals surface area contributed by atoms with Crippen molar-refractivity contribution in [2.24, 2.45) is 5.92 Å². The Balaban J connectivity index is 1.02. The van der Waals surface area contributed by atoms with E-state index in [1.807, 2.05) is 6.07 Å². The van der Waals surface area contributed by atoms with Gasteiger partial charge >= 0.3 is 0 Å². The predicted octanol–water partition coefficient (Wildman–Crippen LogP) is 3.12. The van der Waals surface area contributed by atoms with Crippen molar-refractivity contribution in [3.63, 3.8) is 0 Å². The normalized spacial score (nSPS) is 24.2. The quantitative estimate of drug-likeness (QED) is 0.599. The van der Waals surface area contributed by atoms with Crippen molar-refractivity contribution in [1.82, 2.24) is 15.0 Å². The van der Waals surface area contributed by atoms with E-state index in [1.165, 1.54) is 17.7 Å². The molecule has 3 fully saturated rings. The number of hydrogen-bond donors (Lipinski definition) is 1. The van der Waals surface area contributed by atoms with Crippen molar-refractivity contribution in [2.75, 3.05) is 50.8 Å². The lowest BCUT2D eigenvalue weighted by molar-refractivity contribution is -0.00290. The number of rotatable bonds is 6. The second-order valence-electron chi connectivity index (χ2n) is 9.99. The number of hydrogen-bond acceptors (Lipinski definition) is 7. The fourth-order valence-corrected chi connectivity index (χ4v) is 5.59. The number of piperidine rings is 1. The molecule has 2 aromatic carbocycles. The van der Waals surface area contributed by atoms with Crippen LogP contribution in [0.1, 0.15) is 18.4 Å². The number of aliphatic hydroxyl groups is 1. The fourth-order valence-electron chi connectivity index (χ4n) is 5.59. The molecular formula is C26H31FN4O3. The lowest BCUT2D eigenvalue weighted by Crippen LogP contribution is -2.57. The van der Waals surface area contributed by atoms with Gasteiger partial charge in [0.05, 0.1) is 18.1 Å². The van der Waals surface area contributed by atoms with Crippen molar-refractivity contribution >= 4 is 16.8 Å². The minimum atomic E-state index is -0.263. The Hall–Kier alpha value is -2.68. The summed E-state index contributed by atoms with van der Waals surface area (Å²) in [6.07, 6.45) is 2.08. The molecule has 3 aromatic rings. The van der Waals surface area contributed by atoms with Crippen LogP contribution in [0.3, 0.4) is 0 Å². The van der Waals surface area contributed by atoms with Gasteiger partial charge in [-0.15, -0.1) is 0 Å². The van der Waals surface area contributed by atoms with Gasteiger partial charge in [0.25, 0.3) is 0 Å². The van der Waals surface area contributed by atoms with Crippen molar-refractivity contribution in [3.8, 4) is 5.75 Å². The monoisotopic (exact) mass is 466 g/mol. The van der Waals surface area contributed by atoms with Crippen LogP contribution in [-0.4, -0.2) is 78.1 Å². The van der Waals surface area contributed by atoms with Crippen LogP contribution in [0.5, 0.6) is 5.75 Å². The van der Waals surface area contributed by atoms with Crippen molar-refractivity contribution in [1.29, 1.82) is 0 Å². The Bertz CT molecular complexity index is 1150. The molecule has 4 heterocycles. The topological polar surface area (TPSA) is 65.2 Å². The number of aromatic nitrogens is 1. The summed E-state index contributed by atoms with van der Waals surface area (Å²) in [7, 11) is 0. The van der Waals surface area contributed by atoms with Gasteiger partial charge < -0.3 is 19.3 Å². The Morgan fingerprint density at radius 3 is 2.85 bits per heavy atom. The summed E-state index contributed by atoms with van der Waals surface area (Å²) in [4.78, 5) is 7.05. The van der Waals surface area contributed by atoms with Gasteiger partial charge in [-0.1, -0.05) is 17.3 Å². The number of halogens is 1. The van der Waals surface area contributed by atoms with E-state index in [2.05, 4.69) is 38.1 Å². The second kappa shape index (κ2) is 9.17. The third kappa shape index (κ3) is 4.50. The lowest BCUT2D eigenvalue weighted by atomic mass is 9.91. The molecule has 0 unspecified atom stereocenters. The van der Waals surface area contributed by atoms with Crippen LogP contribution in [0, 0.1) is 11.7 Å². The molecule has 0 radical (unpaired) electrons. The van der Waals surface area contributed by atoms with E-state index in [1.54, 1.807) is 6.07 Å². The first-order valence-electron chi connectivity index (χ1n) is 12.3. The average molecular weight is 467 g/mol. The first-order chi connectivity index (χ1) is 16.6. The summed E-state index contributed by atoms with van der Waals surface area (Å²) in [6, 6.07) is 13.4. The average Bonchev–Trinajstić information content (AvgIpc) is 3.25. The summed E-state index contributed by atoms with van der Waals surface area (Å²) < 4.78 is 25.4. The van der Waals surface area contributed by atoms with E-state index in [-0.39, 0.29) is 11.9 Å². The Morgan fingerprint density at radius 2 is 1.97 bits per heavy atom. The van der Waals surface area contributed by atoms with Crippen LogP contribution < -0.4 is 9.64 Å². The van der Waals surface area contributed by atoms with Crippen LogP contribution in [0.25, 0.3) is 11.0 Å². The molecule has 3 saturated heterocycles. The fraction of sp³-hybridized carbons (Fsp3) is 0.500. The molecule has 7 nitrogen and oxygen atoms in total. The van der Waals surface area contributed by atoms with Crippen LogP contribution in [0.4, 0.5) is 10.2 Å². The van der Waals surface area contributed by atoms with Crippen LogP contribution in [-0.2, 0) is 6.54 Å². The maximum Gasteiger partial charge on any atom is 0.180 e. The van der Waals surface area contributed by atoms with E-state index >= 15 is 0 Å². The van der Waals surface area contributed by atoms with Crippen LogP contribution in [0.2, 0.25) is 0 Å². The Labute approximate surface area is 198 Å². The molecule has 6 rings (SSSR count). The van der Waals surface area contributed by atoms with Gasteiger partial charge in [-0.25, -0.2) is 4.39 Å². The predicted molar refractivity (Wildman–Crippen MR) is 127 cm³/mol. The highest BCUT2D eigenvalue weighted by atomic mass is 19.1. The van der Waals surface area contributed by atoms with Gasteiger partial charge in [-0.3, -0.25) is 9.80 Å². The maximum absolute atomic E-state index is 13.8. The molecule has 3 aliphatic heterocycles. The number of nitrogens with zero attached hydrogens (tertiary/aromatic N) is 4. The van der Waals surface area contributed by atoms with Gasteiger partial charge in [0.15, 0.2) is 11.4 Å². The Morgan fingerprint density at radius 1 is 1.06 bits per heavy atom. The minimum Gasteiger partial charge on any atom is -0.493 e. The molecule has 34 heavy (non-hydrogen) atoms. The molecule has 0 bridgehead atoms. The molecule has 0 saturated carbocycles. The number of piperazine rings is 1. The summed E-state index contributed by atoms with van der Waals surface area (Å²) in [5, 5.41) is 14.5. The molecule has 0 aliphatic carbocycles. The molecular weight excluding hydrogens is 435 g/mol. The number of likely N-dealkylation sites (tertiary alicyclic amines) is 1. The van der Waals surface area contributed by atoms with E-state index < -0.39 is 0 Å². The molecule has 2 atom stereocenters. The van der Waals surface area contributed by atoms with Crippen molar-refractivity contribution in [2.45, 2.75) is 31.5 Å². The third-order valence-corrected chi connectivity index (χ3v) is 7.45. The molecule has 0 spiro atoms. The molecule has 1 aromatic heterocycles. The zero-order valence-electron chi connectivity index (χ0n) is 19.3. The van der Waals surface area contributed by atoms with Crippen LogP contribution >= 0.6 is 0 Å². The molecule has 8 heteroatoms. The van der Waals surface area contributed by atoms with Gasteiger partial charge in [-0.05, 0) is 48.7 Å². The van der Waals surface area contributed by atoms with E-state index in [0.29, 0.717) is 17.5 Å². The zero-order valence-corrected chi connectivity index (χ0v) is 19.3. The number of β-amino-alcohol motifs (C(OH)–C–C–N with tert-alkyl or cyclic N) is 1. The van der Waals surface area contributed by atoms with Crippen molar-refractivity contribution in [3.05, 3.63) is 53.8 Å². The summed E-state index contributed by atoms with van der Waals surface area (Å²) in [6.45, 7) is 6.84. The summed E-state index contributed by atoms with van der Waals surface area (Å²) in [5.74, 6) is 1.93. The summed E-state index contributed by atoms with van der Waals surface area (Å²) >= 11 is 0. The van der Waals surface area contributed by atoms with E-state index in [4.69, 9.17) is 9.26 Å². The zero-order chi connectivity index (χ0) is 23.1. The van der Waals surface area contributed by atoms with Gasteiger partial charge in [0.2, 0.25) is 0 Å². The highest BCUT2D eigenvalue weighted by Crippen LogP contribution is 2.32. The number of anilines is 1. The largest absolute Gasteiger partial charge is 0.493 e. The number of benzene rings is 2. The van der Waals surface area contributed by atoms with E-state index in [0.717, 1.165) is 82.2 Å². The van der Waals surface area contributed by atoms with Crippen LogP contribution in [0.15, 0.2) is 47.0 Å². The number of fused-ring (bicyclic) bond motifs is 2. The lowest BCUT2D eigenvalue weighted by Gasteiger charge is -2.46. The maximum atomic E-state index is 13.8. The smallest absolute Gasteiger partial charge is 0.180 e. The van der Waals surface area contributed by atoms with E-state index in [9.17, 15) is 9.50 Å². The van der Waals surface area contributed by atoms with Gasteiger partial charge in [0, 0.05) is 57.8 Å². The number of aliphatic hydroxyl groups excluding tert-OH is 1. The highest BCUT2D eigenvalue weighted by molar-refractivity contribution is 5.88. The third-order valence-electron chi connectivity index (χ3n) is 7.45. The molecule has 1 N–H and O–H groups in total. The first kappa shape index (κ1) is 21.8. The molecule has 3 aliphatic rings. The van der Waals surface area contributed by atoms with Crippen molar-refractivity contribution < 1.29 is 18.8 Å². The standard InChI is InChI=1S/C26H31FN4O3/c27-20-5-7-25-24(11-20)26(28-34-25)31-9-8-30-13-19(4-6-21(30)14-31)17-33-23-3-1-2-18(10-23)12-29-15-22(32)16-29/h1-3,5,7,10-11,19,21-22,32H,4,6,8-9,12-17H2/t19-,21-/m1/s1. The minimum absolute atomic E-state index is 0.172. The highest BCUT2D eigenvalue weighted by Gasteiger charge is 2.34. The SMILES string of the molecule is OC1CN(Cc2cccc(OC[C@@H]3CC[C@@H]4CN(c5noc6ccc(F)cc56)CCN4C3)c2)C1. The first-order valence-corrected chi connectivity index (χ1v) is 12.3. The molecule has 180 valence electrons. The van der Waals surface area contributed by atoms with Gasteiger partial charge in [-0.2, -0.15) is 0 Å². The summed E-state index contributed by atoms with van der Waals surface area (Å²) in [5.41, 5.74) is 1.86. The number of ether oxygens (including phenoxy) is 1. The molecule has 0 amide bonds. The Kier molecular flexibility index (Phi) is 5.89. The van der Waals surface area contributed by atoms with Gasteiger partial charge in [0.1, 0.15) is 11.6 Å².